The highest BCUT2D eigenvalue weighted by atomic mass is 35.5. The van der Waals surface area contributed by atoms with Gasteiger partial charge in [0.25, 0.3) is 0 Å². The van der Waals surface area contributed by atoms with Gasteiger partial charge in [0.2, 0.25) is 5.95 Å². The molecule has 1 aromatic heterocycles. The Hall–Kier alpha value is -2.30. The third kappa shape index (κ3) is 3.92. The van der Waals surface area contributed by atoms with Crippen LogP contribution in [0.25, 0.3) is 0 Å². The summed E-state index contributed by atoms with van der Waals surface area (Å²) in [6, 6.07) is 15.1. The third-order valence-electron chi connectivity index (χ3n) is 3.18. The third-order valence-corrected chi connectivity index (χ3v) is 3.81. The van der Waals surface area contributed by atoms with E-state index >= 15 is 0 Å². The van der Waals surface area contributed by atoms with Gasteiger partial charge in [0.15, 0.2) is 0 Å². The zero-order valence-corrected chi connectivity index (χ0v) is 13.9. The SMILES string of the molecule is Cc1ccc(Nc2nccc(Nc3c(Cl)cccc3Cl)n2)cc1. The zero-order chi connectivity index (χ0) is 16.2. The summed E-state index contributed by atoms with van der Waals surface area (Å²) in [6.45, 7) is 2.04. The number of nitrogens with zero attached hydrogens (tertiary/aromatic N) is 2. The van der Waals surface area contributed by atoms with Crippen molar-refractivity contribution in [2.45, 2.75) is 6.92 Å². The average Bonchev–Trinajstić information content (AvgIpc) is 2.54. The minimum absolute atomic E-state index is 0.488. The normalized spacial score (nSPS) is 10.4. The first kappa shape index (κ1) is 15.6. The number of anilines is 4. The van der Waals surface area contributed by atoms with Crippen molar-refractivity contribution >= 4 is 46.3 Å². The molecule has 23 heavy (non-hydrogen) atoms. The number of aromatic nitrogens is 2. The highest BCUT2D eigenvalue weighted by Crippen LogP contribution is 2.32. The molecule has 0 aliphatic heterocycles. The summed E-state index contributed by atoms with van der Waals surface area (Å²) < 4.78 is 0. The van der Waals surface area contributed by atoms with Gasteiger partial charge in [0.05, 0.1) is 15.7 Å². The van der Waals surface area contributed by atoms with Gasteiger partial charge in [0.1, 0.15) is 5.82 Å². The Labute approximate surface area is 144 Å². The Morgan fingerprint density at radius 3 is 2.26 bits per heavy atom. The molecule has 0 saturated heterocycles. The van der Waals surface area contributed by atoms with E-state index in [0.717, 1.165) is 5.69 Å². The van der Waals surface area contributed by atoms with Crippen molar-refractivity contribution in [2.75, 3.05) is 10.6 Å². The van der Waals surface area contributed by atoms with Crippen molar-refractivity contribution < 1.29 is 0 Å². The molecular formula is C17H14Cl2N4. The summed E-state index contributed by atoms with van der Waals surface area (Å²) in [7, 11) is 0. The molecule has 0 fully saturated rings. The van der Waals surface area contributed by atoms with E-state index in [2.05, 4.69) is 20.6 Å². The van der Waals surface area contributed by atoms with Gasteiger partial charge in [-0.1, -0.05) is 47.0 Å². The smallest absolute Gasteiger partial charge is 0.229 e. The monoisotopic (exact) mass is 344 g/mol. The van der Waals surface area contributed by atoms with E-state index in [0.29, 0.717) is 27.5 Å². The fourth-order valence-electron chi connectivity index (χ4n) is 2.00. The van der Waals surface area contributed by atoms with Crippen LogP contribution in [0, 0.1) is 6.92 Å². The van der Waals surface area contributed by atoms with Gasteiger partial charge in [-0.2, -0.15) is 4.98 Å². The van der Waals surface area contributed by atoms with Crippen LogP contribution in [-0.4, -0.2) is 9.97 Å². The van der Waals surface area contributed by atoms with Crippen LogP contribution in [0.2, 0.25) is 10.0 Å². The molecule has 0 bridgehead atoms. The number of aryl methyl sites for hydroxylation is 1. The van der Waals surface area contributed by atoms with E-state index in [9.17, 15) is 0 Å². The molecule has 3 aromatic rings. The van der Waals surface area contributed by atoms with Crippen molar-refractivity contribution in [1.82, 2.24) is 9.97 Å². The second-order valence-corrected chi connectivity index (χ2v) is 5.79. The summed E-state index contributed by atoms with van der Waals surface area (Å²) >= 11 is 12.3. The standard InChI is InChI=1S/C17H14Cl2N4/c1-11-5-7-12(8-6-11)21-17-20-10-9-15(23-17)22-16-13(18)3-2-4-14(16)19/h2-10H,1H3,(H2,20,21,22,23). The van der Waals surface area contributed by atoms with Crippen LogP contribution in [0.5, 0.6) is 0 Å². The van der Waals surface area contributed by atoms with Crippen molar-refractivity contribution in [3.8, 4) is 0 Å². The molecule has 0 spiro atoms. The molecule has 1 heterocycles. The van der Waals surface area contributed by atoms with Gasteiger partial charge in [0, 0.05) is 11.9 Å². The number of nitrogens with one attached hydrogen (secondary N) is 2. The van der Waals surface area contributed by atoms with Crippen molar-refractivity contribution in [3.05, 3.63) is 70.3 Å². The number of para-hydroxylation sites is 1. The number of hydrogen-bond acceptors (Lipinski definition) is 4. The number of benzene rings is 2. The van der Waals surface area contributed by atoms with E-state index in [1.54, 1.807) is 30.5 Å². The first-order valence-corrected chi connectivity index (χ1v) is 7.75. The van der Waals surface area contributed by atoms with E-state index in [1.807, 2.05) is 31.2 Å². The minimum atomic E-state index is 0.488. The number of rotatable bonds is 4. The molecule has 0 amide bonds. The summed E-state index contributed by atoms with van der Waals surface area (Å²) in [4.78, 5) is 8.63. The molecule has 0 radical (unpaired) electrons. The summed E-state index contributed by atoms with van der Waals surface area (Å²) in [6.07, 6.45) is 1.66. The maximum atomic E-state index is 6.16. The second kappa shape index (κ2) is 6.86. The second-order valence-electron chi connectivity index (χ2n) is 4.98. The molecule has 116 valence electrons. The molecule has 0 aliphatic carbocycles. The molecule has 4 nitrogen and oxygen atoms in total. The van der Waals surface area contributed by atoms with E-state index < -0.39 is 0 Å². The molecule has 6 heteroatoms. The first-order valence-electron chi connectivity index (χ1n) is 6.99. The van der Waals surface area contributed by atoms with Crippen LogP contribution in [0.4, 0.5) is 23.1 Å². The minimum Gasteiger partial charge on any atom is -0.338 e. The molecule has 0 atom stereocenters. The molecule has 2 N–H and O–H groups in total. The molecule has 3 rings (SSSR count). The maximum Gasteiger partial charge on any atom is 0.229 e. The predicted molar refractivity (Wildman–Crippen MR) is 96.2 cm³/mol. The van der Waals surface area contributed by atoms with Crippen LogP contribution in [0.1, 0.15) is 5.56 Å². The number of halogens is 2. The molecule has 0 unspecified atom stereocenters. The van der Waals surface area contributed by atoms with Crippen molar-refractivity contribution in [1.29, 1.82) is 0 Å². The predicted octanol–water partition coefficient (Wildman–Crippen LogP) is 5.58. The summed E-state index contributed by atoms with van der Waals surface area (Å²) in [5.74, 6) is 1.09. The van der Waals surface area contributed by atoms with Gasteiger partial charge in [-0.25, -0.2) is 4.98 Å². The first-order chi connectivity index (χ1) is 11.1. The fourth-order valence-corrected chi connectivity index (χ4v) is 2.49. The van der Waals surface area contributed by atoms with E-state index in [4.69, 9.17) is 23.2 Å². The van der Waals surface area contributed by atoms with Crippen LogP contribution in [0.15, 0.2) is 54.7 Å². The van der Waals surface area contributed by atoms with Gasteiger partial charge in [-0.3, -0.25) is 0 Å². The van der Waals surface area contributed by atoms with Gasteiger partial charge in [-0.15, -0.1) is 0 Å². The Kier molecular flexibility index (Phi) is 4.65. The Morgan fingerprint density at radius 2 is 1.57 bits per heavy atom. The van der Waals surface area contributed by atoms with Gasteiger partial charge >= 0.3 is 0 Å². The lowest BCUT2D eigenvalue weighted by Gasteiger charge is -2.11. The van der Waals surface area contributed by atoms with Crippen LogP contribution in [0.3, 0.4) is 0 Å². The molecule has 0 aliphatic rings. The largest absolute Gasteiger partial charge is 0.338 e. The van der Waals surface area contributed by atoms with Crippen molar-refractivity contribution in [3.63, 3.8) is 0 Å². The highest BCUT2D eigenvalue weighted by molar-refractivity contribution is 6.39. The Morgan fingerprint density at radius 1 is 0.870 bits per heavy atom. The maximum absolute atomic E-state index is 6.16. The molecule has 0 saturated carbocycles. The van der Waals surface area contributed by atoms with Gasteiger partial charge < -0.3 is 10.6 Å². The van der Waals surface area contributed by atoms with Crippen LogP contribution < -0.4 is 10.6 Å². The summed E-state index contributed by atoms with van der Waals surface area (Å²) in [5.41, 5.74) is 2.74. The lowest BCUT2D eigenvalue weighted by atomic mass is 10.2. The highest BCUT2D eigenvalue weighted by Gasteiger charge is 2.07. The lowest BCUT2D eigenvalue weighted by Crippen LogP contribution is -2.01. The van der Waals surface area contributed by atoms with Crippen LogP contribution in [-0.2, 0) is 0 Å². The Bertz CT molecular complexity index is 799. The zero-order valence-electron chi connectivity index (χ0n) is 12.3. The van der Waals surface area contributed by atoms with E-state index in [1.165, 1.54) is 5.56 Å². The van der Waals surface area contributed by atoms with Gasteiger partial charge in [-0.05, 0) is 37.3 Å². The van der Waals surface area contributed by atoms with Crippen molar-refractivity contribution in [2.24, 2.45) is 0 Å². The molecular weight excluding hydrogens is 331 g/mol. The average molecular weight is 345 g/mol. The topological polar surface area (TPSA) is 49.8 Å². The van der Waals surface area contributed by atoms with Crippen LogP contribution >= 0.6 is 23.2 Å². The fraction of sp³-hybridized carbons (Fsp3) is 0.0588. The Balaban J connectivity index is 1.81. The quantitative estimate of drug-likeness (QED) is 0.648. The summed E-state index contributed by atoms with van der Waals surface area (Å²) in [5, 5.41) is 7.34. The van der Waals surface area contributed by atoms with E-state index in [-0.39, 0.29) is 0 Å². The number of hydrogen-bond donors (Lipinski definition) is 2. The molecule has 2 aromatic carbocycles. The lowest BCUT2D eigenvalue weighted by molar-refractivity contribution is 1.16.